The number of aromatic nitrogens is 2. The summed E-state index contributed by atoms with van der Waals surface area (Å²) in [6.07, 6.45) is 0. The minimum atomic E-state index is -3.83. The number of aliphatic hydroxyl groups excluding tert-OH is 1. The number of benzene rings is 1. The third-order valence-electron chi connectivity index (χ3n) is 4.31. The lowest BCUT2D eigenvalue weighted by molar-refractivity contribution is 0.0733. The van der Waals surface area contributed by atoms with Crippen molar-refractivity contribution < 1.29 is 22.7 Å². The number of halogens is 2. The van der Waals surface area contributed by atoms with Crippen LogP contribution in [0.25, 0.3) is 0 Å². The third-order valence-corrected chi connectivity index (χ3v) is 7.01. The quantitative estimate of drug-likeness (QED) is 0.361. The molecule has 1 saturated heterocycles. The zero-order valence-corrected chi connectivity index (χ0v) is 19.1. The molecule has 1 aliphatic heterocycles. The van der Waals surface area contributed by atoms with Crippen LogP contribution in [0.3, 0.4) is 0 Å². The van der Waals surface area contributed by atoms with Crippen molar-refractivity contribution in [2.45, 2.75) is 23.9 Å². The lowest BCUT2D eigenvalue weighted by Crippen LogP contribution is -2.43. The van der Waals surface area contributed by atoms with Crippen LogP contribution >= 0.6 is 23.4 Å². The van der Waals surface area contributed by atoms with Crippen LogP contribution in [0.2, 0.25) is 5.02 Å². The maximum Gasteiger partial charge on any atom is 0.302 e. The Morgan fingerprint density at radius 3 is 2.74 bits per heavy atom. The van der Waals surface area contributed by atoms with Crippen molar-refractivity contribution in [3.63, 3.8) is 0 Å². The van der Waals surface area contributed by atoms with Crippen molar-refractivity contribution in [2.24, 2.45) is 0 Å². The van der Waals surface area contributed by atoms with E-state index in [0.29, 0.717) is 24.6 Å². The second kappa shape index (κ2) is 10.7. The number of aliphatic hydroxyl groups is 1. The summed E-state index contributed by atoms with van der Waals surface area (Å²) in [5.74, 6) is 0.0581. The molecule has 170 valence electrons. The third kappa shape index (κ3) is 6.64. The molecule has 1 aliphatic rings. The molecule has 13 heteroatoms. The van der Waals surface area contributed by atoms with E-state index in [1.54, 1.807) is 19.1 Å². The number of nitrogens with one attached hydrogen (secondary N) is 2. The van der Waals surface area contributed by atoms with Crippen molar-refractivity contribution in [3.05, 3.63) is 40.7 Å². The van der Waals surface area contributed by atoms with Crippen molar-refractivity contribution in [1.82, 2.24) is 14.3 Å². The Morgan fingerprint density at radius 2 is 2.03 bits per heavy atom. The van der Waals surface area contributed by atoms with E-state index < -0.39 is 16.0 Å². The number of anilines is 2. The molecule has 2 aromatic rings. The van der Waals surface area contributed by atoms with Crippen molar-refractivity contribution in [3.8, 4) is 0 Å². The Balaban J connectivity index is 1.82. The predicted molar refractivity (Wildman–Crippen MR) is 118 cm³/mol. The van der Waals surface area contributed by atoms with Crippen molar-refractivity contribution >= 4 is 45.2 Å². The standard InChI is InChI=1S/C18H23ClFN5O4S2/c1-12(10-26)21-15-9-16(24-31(27,28)25-5-7-29-8-6-25)23-18(22-15)30-11-13-3-2-4-14(19)17(13)20/h2-4,9,12,26H,5-8,10-11H2,1H3,(H2,21,22,23,24). The molecule has 1 fully saturated rings. The number of thioether (sulfide) groups is 1. The van der Waals surface area contributed by atoms with Gasteiger partial charge in [-0.2, -0.15) is 12.7 Å². The molecule has 0 radical (unpaired) electrons. The molecule has 0 spiro atoms. The van der Waals surface area contributed by atoms with Crippen molar-refractivity contribution in [1.29, 1.82) is 0 Å². The summed E-state index contributed by atoms with van der Waals surface area (Å²) in [7, 11) is -3.83. The molecule has 1 aromatic heterocycles. The molecule has 1 atom stereocenters. The highest BCUT2D eigenvalue weighted by Gasteiger charge is 2.25. The first-order chi connectivity index (χ1) is 14.8. The van der Waals surface area contributed by atoms with E-state index in [1.807, 2.05) is 0 Å². The number of rotatable bonds is 9. The number of nitrogens with zero attached hydrogens (tertiary/aromatic N) is 3. The molecule has 0 amide bonds. The largest absolute Gasteiger partial charge is 0.394 e. The van der Waals surface area contributed by atoms with E-state index in [9.17, 15) is 17.9 Å². The normalized spacial score (nSPS) is 16.1. The van der Waals surface area contributed by atoms with Gasteiger partial charge in [0.05, 0.1) is 24.8 Å². The summed E-state index contributed by atoms with van der Waals surface area (Å²) in [5, 5.41) is 12.5. The monoisotopic (exact) mass is 491 g/mol. The van der Waals surface area contributed by atoms with E-state index in [1.165, 1.54) is 16.4 Å². The van der Waals surface area contributed by atoms with Gasteiger partial charge < -0.3 is 15.2 Å². The molecule has 0 aliphatic carbocycles. The van der Waals surface area contributed by atoms with Gasteiger partial charge in [0.25, 0.3) is 0 Å². The SMILES string of the molecule is CC(CO)Nc1cc(NS(=O)(=O)N2CCOCC2)nc(SCc2cccc(Cl)c2F)n1. The zero-order valence-electron chi connectivity index (χ0n) is 16.7. The van der Waals surface area contributed by atoms with Gasteiger partial charge in [0.15, 0.2) is 5.16 Å². The summed E-state index contributed by atoms with van der Waals surface area (Å²) in [4.78, 5) is 8.60. The van der Waals surface area contributed by atoms with Crippen LogP contribution in [-0.4, -0.2) is 66.7 Å². The highest BCUT2D eigenvalue weighted by molar-refractivity contribution is 7.98. The first-order valence-corrected chi connectivity index (χ1v) is 12.3. The summed E-state index contributed by atoms with van der Waals surface area (Å²) in [5.41, 5.74) is 0.374. The Labute approximate surface area is 189 Å². The smallest absolute Gasteiger partial charge is 0.302 e. The summed E-state index contributed by atoms with van der Waals surface area (Å²) >= 11 is 6.96. The molecule has 1 unspecified atom stereocenters. The van der Waals surface area contributed by atoms with E-state index >= 15 is 0 Å². The molecular formula is C18H23ClFN5O4S2. The Bertz CT molecular complexity index is 1010. The van der Waals surface area contributed by atoms with Crippen LogP contribution in [0.4, 0.5) is 16.0 Å². The Morgan fingerprint density at radius 1 is 1.32 bits per heavy atom. The molecule has 1 aromatic carbocycles. The molecule has 2 heterocycles. The van der Waals surface area contributed by atoms with E-state index in [2.05, 4.69) is 20.0 Å². The number of ether oxygens (including phenoxy) is 1. The molecular weight excluding hydrogens is 469 g/mol. The van der Waals surface area contributed by atoms with Gasteiger partial charge in [0.1, 0.15) is 17.5 Å². The minimum Gasteiger partial charge on any atom is -0.394 e. The second-order valence-corrected chi connectivity index (χ2v) is 9.79. The topological polar surface area (TPSA) is 117 Å². The summed E-state index contributed by atoms with van der Waals surface area (Å²) in [6, 6.07) is 5.83. The van der Waals surface area contributed by atoms with Gasteiger partial charge in [0, 0.05) is 31.0 Å². The molecule has 0 saturated carbocycles. The molecule has 31 heavy (non-hydrogen) atoms. The van der Waals surface area contributed by atoms with E-state index in [-0.39, 0.29) is 47.5 Å². The number of hydrogen-bond acceptors (Lipinski definition) is 8. The highest BCUT2D eigenvalue weighted by Crippen LogP contribution is 2.27. The van der Waals surface area contributed by atoms with Crippen LogP contribution in [0.15, 0.2) is 29.4 Å². The Kier molecular flexibility index (Phi) is 8.30. The van der Waals surface area contributed by atoms with Crippen molar-refractivity contribution in [2.75, 3.05) is 42.9 Å². The Hall–Kier alpha value is -1.70. The fourth-order valence-electron chi connectivity index (χ4n) is 2.70. The van der Waals surface area contributed by atoms with E-state index in [4.69, 9.17) is 16.3 Å². The first-order valence-electron chi connectivity index (χ1n) is 9.46. The maximum absolute atomic E-state index is 14.2. The maximum atomic E-state index is 14.2. The molecule has 3 N–H and O–H groups in total. The molecule has 0 bridgehead atoms. The lowest BCUT2D eigenvalue weighted by atomic mass is 10.2. The van der Waals surface area contributed by atoms with Gasteiger partial charge in [-0.05, 0) is 18.6 Å². The van der Waals surface area contributed by atoms with Gasteiger partial charge in [-0.15, -0.1) is 0 Å². The average molecular weight is 492 g/mol. The van der Waals surface area contributed by atoms with Gasteiger partial charge in [-0.1, -0.05) is 35.5 Å². The van der Waals surface area contributed by atoms with Crippen LogP contribution in [-0.2, 0) is 20.7 Å². The van der Waals surface area contributed by atoms with Gasteiger partial charge in [-0.25, -0.2) is 14.4 Å². The van der Waals surface area contributed by atoms with Gasteiger partial charge in [0.2, 0.25) is 0 Å². The van der Waals surface area contributed by atoms with Crippen LogP contribution in [0.5, 0.6) is 0 Å². The predicted octanol–water partition coefficient (Wildman–Crippen LogP) is 2.34. The highest BCUT2D eigenvalue weighted by atomic mass is 35.5. The fourth-order valence-corrected chi connectivity index (χ4v) is 4.86. The van der Waals surface area contributed by atoms with Crippen LogP contribution < -0.4 is 10.0 Å². The lowest BCUT2D eigenvalue weighted by Gasteiger charge is -2.26. The summed E-state index contributed by atoms with van der Waals surface area (Å²) in [6.45, 7) is 2.71. The van der Waals surface area contributed by atoms with Gasteiger partial charge in [-0.3, -0.25) is 4.72 Å². The fraction of sp³-hybridized carbons (Fsp3) is 0.444. The van der Waals surface area contributed by atoms with Crippen LogP contribution in [0, 0.1) is 5.82 Å². The number of morpholine rings is 1. The average Bonchev–Trinajstić information content (AvgIpc) is 2.75. The first kappa shape index (κ1) is 24.0. The summed E-state index contributed by atoms with van der Waals surface area (Å²) < 4.78 is 48.5. The zero-order chi connectivity index (χ0) is 22.4. The van der Waals surface area contributed by atoms with Crippen LogP contribution in [0.1, 0.15) is 12.5 Å². The van der Waals surface area contributed by atoms with Gasteiger partial charge >= 0.3 is 10.2 Å². The molecule has 3 rings (SSSR count). The molecule has 9 nitrogen and oxygen atoms in total. The number of hydrogen-bond donors (Lipinski definition) is 3. The van der Waals surface area contributed by atoms with E-state index in [0.717, 1.165) is 11.8 Å². The second-order valence-electron chi connectivity index (χ2n) is 6.77. The minimum absolute atomic E-state index is 0.0187.